The summed E-state index contributed by atoms with van der Waals surface area (Å²) in [5.74, 6) is 0. The summed E-state index contributed by atoms with van der Waals surface area (Å²) in [6.07, 6.45) is 0. The minimum absolute atomic E-state index is 1.07. The molecule has 0 spiro atoms. The van der Waals surface area contributed by atoms with Gasteiger partial charge in [-0.2, -0.15) is 0 Å². The van der Waals surface area contributed by atoms with Crippen LogP contribution in [-0.2, 0) is 0 Å². The van der Waals surface area contributed by atoms with E-state index in [4.69, 9.17) is 0 Å². The summed E-state index contributed by atoms with van der Waals surface area (Å²) in [5.41, 5.74) is 17.9. The van der Waals surface area contributed by atoms with Crippen LogP contribution in [0.3, 0.4) is 0 Å². The first-order chi connectivity index (χ1) is 43.7. The normalized spacial score (nSPS) is 11.4. The molecule has 0 amide bonds. The van der Waals surface area contributed by atoms with Crippen molar-refractivity contribution < 1.29 is 0 Å². The molecule has 0 radical (unpaired) electrons. The predicted octanol–water partition coefficient (Wildman–Crippen LogP) is 25.4. The van der Waals surface area contributed by atoms with Crippen LogP contribution in [0.15, 0.2) is 325 Å². The second-order valence-electron chi connectivity index (χ2n) is 21.6. The standard InChI is InChI=1S/C80H54N4S4/c1-9-25-55(26-10-1)63-45-49-85-77(63)81(59-33-17-5-18-34-59)71-53-72(82(60-35-19-6-20-36-60)78-64(46-50-86-78)56-27-11-2-12-28-56)68-43-44-70-74(84(62-39-23-8-24-40-62)80-66(48-52-88-80)58-31-15-4-16-32-58)54-73(69-42-41-67(71)75(68)76(69)70)83(61-37-21-7-22-38-61)79-65(47-51-87-79)57-29-13-3-14-30-57/h1-54H. The maximum absolute atomic E-state index is 2.53. The Balaban J connectivity index is 1.09. The van der Waals surface area contributed by atoms with E-state index in [0.29, 0.717) is 0 Å². The Kier molecular flexibility index (Phi) is 14.0. The average molecular weight is 1200 g/mol. The molecule has 0 bridgehead atoms. The van der Waals surface area contributed by atoms with Crippen molar-refractivity contribution in [3.8, 4) is 44.5 Å². The largest absolute Gasteiger partial charge is 0.301 e. The van der Waals surface area contributed by atoms with Gasteiger partial charge in [-0.25, -0.2) is 0 Å². The van der Waals surface area contributed by atoms with Crippen molar-refractivity contribution in [1.29, 1.82) is 0 Å². The van der Waals surface area contributed by atoms with Gasteiger partial charge in [0.25, 0.3) is 0 Å². The Bertz CT molecular complexity index is 4400. The van der Waals surface area contributed by atoms with Crippen LogP contribution < -0.4 is 19.6 Å². The van der Waals surface area contributed by atoms with Gasteiger partial charge in [0.05, 0.1) is 22.7 Å². The summed E-state index contributed by atoms with van der Waals surface area (Å²) in [6.45, 7) is 0. The van der Waals surface area contributed by atoms with E-state index < -0.39 is 0 Å². The minimum atomic E-state index is 1.07. The maximum Gasteiger partial charge on any atom is 0.108 e. The van der Waals surface area contributed by atoms with Crippen LogP contribution in [0.5, 0.6) is 0 Å². The van der Waals surface area contributed by atoms with Crippen molar-refractivity contribution in [3.05, 3.63) is 325 Å². The van der Waals surface area contributed by atoms with E-state index in [1.165, 1.54) is 33.0 Å². The molecule has 16 aromatic rings. The smallest absolute Gasteiger partial charge is 0.108 e. The van der Waals surface area contributed by atoms with Crippen LogP contribution in [0, 0.1) is 0 Å². The molecule has 0 atom stereocenters. The number of anilines is 12. The van der Waals surface area contributed by atoms with Gasteiger partial charge in [-0.1, -0.05) is 218 Å². The van der Waals surface area contributed by atoms with E-state index in [1.54, 1.807) is 45.3 Å². The molecule has 8 heteroatoms. The molecule has 0 saturated heterocycles. The molecule has 4 aromatic heterocycles. The first-order valence-electron chi connectivity index (χ1n) is 29.4. The Labute approximate surface area is 528 Å². The quantitative estimate of drug-likeness (QED) is 0.0894. The van der Waals surface area contributed by atoms with Crippen molar-refractivity contribution >= 4 is 143 Å². The third kappa shape index (κ3) is 9.42. The zero-order valence-electron chi connectivity index (χ0n) is 47.6. The van der Waals surface area contributed by atoms with Crippen molar-refractivity contribution in [3.63, 3.8) is 0 Å². The second kappa shape index (κ2) is 23.2. The van der Waals surface area contributed by atoms with Crippen LogP contribution in [0.25, 0.3) is 76.8 Å². The molecule has 0 aliphatic heterocycles. The fraction of sp³-hybridized carbons (Fsp3) is 0. The minimum Gasteiger partial charge on any atom is -0.301 e. The Morgan fingerprint density at radius 3 is 0.591 bits per heavy atom. The summed E-state index contributed by atoms with van der Waals surface area (Å²) in [6, 6.07) is 111. The lowest BCUT2D eigenvalue weighted by Crippen LogP contribution is -2.15. The van der Waals surface area contributed by atoms with E-state index in [2.05, 4.69) is 344 Å². The molecule has 0 saturated carbocycles. The zero-order chi connectivity index (χ0) is 58.3. The maximum atomic E-state index is 2.53. The van der Waals surface area contributed by atoms with E-state index in [0.717, 1.165) is 109 Å². The topological polar surface area (TPSA) is 13.0 Å². The molecule has 12 aromatic carbocycles. The van der Waals surface area contributed by atoms with Crippen molar-refractivity contribution in [1.82, 2.24) is 0 Å². The zero-order valence-corrected chi connectivity index (χ0v) is 50.9. The number of rotatable bonds is 16. The first kappa shape index (κ1) is 53.2. The van der Waals surface area contributed by atoms with Gasteiger partial charge in [0.2, 0.25) is 0 Å². The molecule has 0 unspecified atom stereocenters. The molecule has 0 aliphatic carbocycles. The molecule has 0 fully saturated rings. The van der Waals surface area contributed by atoms with Gasteiger partial charge in [-0.05, 0) is 129 Å². The van der Waals surface area contributed by atoms with Gasteiger partial charge < -0.3 is 19.6 Å². The summed E-state index contributed by atoms with van der Waals surface area (Å²) in [7, 11) is 0. The van der Waals surface area contributed by atoms with Gasteiger partial charge in [-0.3, -0.25) is 0 Å². The molecular weight excluding hydrogens is 1150 g/mol. The fourth-order valence-electron chi connectivity index (χ4n) is 12.7. The van der Waals surface area contributed by atoms with Crippen LogP contribution in [-0.4, -0.2) is 0 Å². The molecular formula is C80H54N4S4. The van der Waals surface area contributed by atoms with E-state index in [1.807, 2.05) is 0 Å². The highest BCUT2D eigenvalue weighted by molar-refractivity contribution is 7.16. The summed E-state index contributed by atoms with van der Waals surface area (Å²) in [5, 5.41) is 20.4. The predicted molar refractivity (Wildman–Crippen MR) is 382 cm³/mol. The van der Waals surface area contributed by atoms with Gasteiger partial charge in [0.1, 0.15) is 20.0 Å². The molecule has 0 N–H and O–H groups in total. The lowest BCUT2D eigenvalue weighted by atomic mass is 9.89. The number of benzene rings is 12. The number of thiophene rings is 4. The summed E-state index contributed by atoms with van der Waals surface area (Å²) >= 11 is 7.11. The molecule has 4 heterocycles. The fourth-order valence-corrected chi connectivity index (χ4v) is 16.5. The second-order valence-corrected chi connectivity index (χ2v) is 25.2. The Morgan fingerprint density at radius 1 is 0.193 bits per heavy atom. The van der Waals surface area contributed by atoms with Crippen LogP contribution in [0.2, 0.25) is 0 Å². The third-order valence-electron chi connectivity index (χ3n) is 16.6. The molecule has 0 aliphatic rings. The van der Waals surface area contributed by atoms with E-state index in [9.17, 15) is 0 Å². The van der Waals surface area contributed by atoms with Crippen molar-refractivity contribution in [2.45, 2.75) is 0 Å². The van der Waals surface area contributed by atoms with Gasteiger partial charge >= 0.3 is 0 Å². The Morgan fingerprint density at radius 2 is 0.386 bits per heavy atom. The number of hydrogen-bond acceptors (Lipinski definition) is 8. The van der Waals surface area contributed by atoms with Crippen molar-refractivity contribution in [2.75, 3.05) is 19.6 Å². The summed E-state index contributed by atoms with van der Waals surface area (Å²) in [4.78, 5) is 10.1. The third-order valence-corrected chi connectivity index (χ3v) is 20.2. The van der Waals surface area contributed by atoms with E-state index >= 15 is 0 Å². The SMILES string of the molecule is c1ccc(-c2ccsc2N(c2ccccc2)c2cc(N(c3ccccc3)c3sccc3-c3ccccc3)c3ccc4c(N(c5ccccc5)c5sccc5-c5ccccc5)cc(N(c5ccccc5)c5sccc5-c5ccccc5)c5ccc2c3c54)cc1. The number of para-hydroxylation sites is 4. The van der Waals surface area contributed by atoms with Crippen molar-refractivity contribution in [2.24, 2.45) is 0 Å². The molecule has 4 nitrogen and oxygen atoms in total. The number of nitrogens with zero attached hydrogens (tertiary/aromatic N) is 4. The van der Waals surface area contributed by atoms with Crippen LogP contribution in [0.4, 0.5) is 65.5 Å². The lowest BCUT2D eigenvalue weighted by Gasteiger charge is -2.34. The first-order valence-corrected chi connectivity index (χ1v) is 33.0. The van der Waals surface area contributed by atoms with E-state index in [-0.39, 0.29) is 0 Å². The van der Waals surface area contributed by atoms with Gasteiger partial charge in [0.15, 0.2) is 0 Å². The molecule has 16 rings (SSSR count). The lowest BCUT2D eigenvalue weighted by molar-refractivity contribution is 1.30. The highest BCUT2D eigenvalue weighted by atomic mass is 32.1. The average Bonchev–Trinajstić information content (AvgIpc) is 0.885. The Hall–Kier alpha value is -10.3. The van der Waals surface area contributed by atoms with Crippen LogP contribution in [0.1, 0.15) is 0 Å². The van der Waals surface area contributed by atoms with Crippen LogP contribution >= 0.6 is 45.3 Å². The monoisotopic (exact) mass is 1200 g/mol. The summed E-state index contributed by atoms with van der Waals surface area (Å²) < 4.78 is 0. The van der Waals surface area contributed by atoms with Gasteiger partial charge in [0, 0.05) is 77.3 Å². The molecule has 418 valence electrons. The molecule has 88 heavy (non-hydrogen) atoms. The van der Waals surface area contributed by atoms with Gasteiger partial charge in [-0.15, -0.1) is 45.3 Å². The highest BCUT2D eigenvalue weighted by Gasteiger charge is 2.32. The highest BCUT2D eigenvalue weighted by Crippen LogP contribution is 2.58. The number of hydrogen-bond donors (Lipinski definition) is 0.